The van der Waals surface area contributed by atoms with Crippen molar-refractivity contribution in [1.82, 2.24) is 0 Å². The SMILES string of the molecule is CC1(C)c2ccccc2-c2ccc(N(c3ccc(-c4cccc5c4oc4ccccc45)cc3)c3ccc4c(c3)C(c3ccccc3)(c3ccc(-c5ccccc5)cc3)c3ccccc3-4)cc21. The average molecular weight is 844 g/mol. The van der Waals surface area contributed by atoms with Gasteiger partial charge in [0.1, 0.15) is 11.2 Å². The van der Waals surface area contributed by atoms with Crippen LogP contribution in [0, 0.1) is 0 Å². The third kappa shape index (κ3) is 5.61. The number of hydrogen-bond donors (Lipinski definition) is 0. The van der Waals surface area contributed by atoms with Gasteiger partial charge >= 0.3 is 0 Å². The van der Waals surface area contributed by atoms with E-state index in [0.29, 0.717) is 0 Å². The first-order chi connectivity index (χ1) is 32.5. The molecule has 1 atom stereocenters. The summed E-state index contributed by atoms with van der Waals surface area (Å²) >= 11 is 0. The number of anilines is 3. The summed E-state index contributed by atoms with van der Waals surface area (Å²) in [5, 5.41) is 2.27. The van der Waals surface area contributed by atoms with Gasteiger partial charge in [-0.2, -0.15) is 0 Å². The van der Waals surface area contributed by atoms with Gasteiger partial charge in [0.15, 0.2) is 0 Å². The molecule has 1 heterocycles. The monoisotopic (exact) mass is 843 g/mol. The molecule has 0 bridgehead atoms. The lowest BCUT2D eigenvalue weighted by atomic mass is 9.67. The highest BCUT2D eigenvalue weighted by molar-refractivity contribution is 6.09. The highest BCUT2D eigenvalue weighted by Gasteiger charge is 2.46. The van der Waals surface area contributed by atoms with E-state index in [9.17, 15) is 0 Å². The number of rotatable bonds is 7. The fraction of sp³-hybridized carbons (Fsp3) is 0.0625. The fourth-order valence-corrected chi connectivity index (χ4v) is 11.5. The molecule has 0 aliphatic heterocycles. The predicted molar refractivity (Wildman–Crippen MR) is 274 cm³/mol. The molecule has 10 aromatic carbocycles. The van der Waals surface area contributed by atoms with E-state index in [-0.39, 0.29) is 5.41 Å². The molecule has 0 N–H and O–H groups in total. The zero-order valence-electron chi connectivity index (χ0n) is 36.9. The summed E-state index contributed by atoms with van der Waals surface area (Å²) < 4.78 is 6.52. The Morgan fingerprint density at radius 1 is 0.333 bits per heavy atom. The van der Waals surface area contributed by atoms with Crippen molar-refractivity contribution in [2.24, 2.45) is 0 Å². The van der Waals surface area contributed by atoms with Crippen LogP contribution in [-0.4, -0.2) is 0 Å². The van der Waals surface area contributed by atoms with E-state index in [0.717, 1.165) is 50.1 Å². The van der Waals surface area contributed by atoms with E-state index in [2.05, 4.69) is 249 Å². The van der Waals surface area contributed by atoms with Crippen LogP contribution in [0.5, 0.6) is 0 Å². The summed E-state index contributed by atoms with van der Waals surface area (Å²) in [6.45, 7) is 4.73. The van der Waals surface area contributed by atoms with Gasteiger partial charge in [-0.1, -0.05) is 208 Å². The first kappa shape index (κ1) is 38.3. The number of nitrogens with zero attached hydrogens (tertiary/aromatic N) is 1. The lowest BCUT2D eigenvalue weighted by molar-refractivity contribution is 0.660. The highest BCUT2D eigenvalue weighted by atomic mass is 16.3. The molecule has 0 spiro atoms. The molecule has 2 aliphatic rings. The lowest BCUT2D eigenvalue weighted by Gasteiger charge is -2.35. The first-order valence-electron chi connectivity index (χ1n) is 23.0. The van der Waals surface area contributed by atoms with E-state index in [1.165, 1.54) is 66.8 Å². The van der Waals surface area contributed by atoms with Crippen molar-refractivity contribution in [2.45, 2.75) is 24.7 Å². The quantitative estimate of drug-likeness (QED) is 0.159. The van der Waals surface area contributed by atoms with Crippen molar-refractivity contribution in [3.05, 3.63) is 270 Å². The number of para-hydroxylation sites is 2. The van der Waals surface area contributed by atoms with Crippen molar-refractivity contribution in [3.63, 3.8) is 0 Å². The summed E-state index contributed by atoms with van der Waals surface area (Å²) in [4.78, 5) is 2.46. The van der Waals surface area contributed by atoms with Crippen LogP contribution < -0.4 is 4.90 Å². The van der Waals surface area contributed by atoms with Crippen LogP contribution in [-0.2, 0) is 10.8 Å². The predicted octanol–water partition coefficient (Wildman–Crippen LogP) is 17.1. The molecule has 1 unspecified atom stereocenters. The molecule has 0 radical (unpaired) electrons. The molecule has 13 rings (SSSR count). The van der Waals surface area contributed by atoms with Gasteiger partial charge in [0.2, 0.25) is 0 Å². The van der Waals surface area contributed by atoms with Gasteiger partial charge in [-0.25, -0.2) is 0 Å². The molecule has 2 heteroatoms. The Morgan fingerprint density at radius 2 is 0.833 bits per heavy atom. The van der Waals surface area contributed by atoms with Crippen LogP contribution in [0.3, 0.4) is 0 Å². The molecule has 0 amide bonds. The normalized spacial score (nSPS) is 15.3. The minimum Gasteiger partial charge on any atom is -0.455 e. The summed E-state index contributed by atoms with van der Waals surface area (Å²) in [7, 11) is 0. The minimum absolute atomic E-state index is 0.156. The maximum absolute atomic E-state index is 6.52. The molecule has 1 aromatic heterocycles. The first-order valence-corrected chi connectivity index (χ1v) is 23.0. The number of fused-ring (bicyclic) bond motifs is 9. The van der Waals surface area contributed by atoms with Gasteiger partial charge in [-0.05, 0) is 115 Å². The van der Waals surface area contributed by atoms with Gasteiger partial charge in [-0.15, -0.1) is 0 Å². The topological polar surface area (TPSA) is 16.4 Å². The third-order valence-electron chi connectivity index (χ3n) is 14.6. The van der Waals surface area contributed by atoms with Crippen LogP contribution in [0.25, 0.3) is 66.4 Å². The van der Waals surface area contributed by atoms with Gasteiger partial charge in [0, 0.05) is 38.8 Å². The summed E-state index contributed by atoms with van der Waals surface area (Å²) in [6.07, 6.45) is 0. The van der Waals surface area contributed by atoms with Crippen LogP contribution >= 0.6 is 0 Å². The highest BCUT2D eigenvalue weighted by Crippen LogP contribution is 2.58. The zero-order valence-corrected chi connectivity index (χ0v) is 36.9. The Hall–Kier alpha value is -8.20. The lowest BCUT2D eigenvalue weighted by Crippen LogP contribution is -2.28. The Bertz CT molecular complexity index is 3660. The Balaban J connectivity index is 1.02. The van der Waals surface area contributed by atoms with E-state index < -0.39 is 5.41 Å². The van der Waals surface area contributed by atoms with E-state index in [1.54, 1.807) is 0 Å². The second-order valence-corrected chi connectivity index (χ2v) is 18.4. The molecular weight excluding hydrogens is 799 g/mol. The minimum atomic E-state index is -0.569. The maximum Gasteiger partial charge on any atom is 0.143 e. The molecular formula is C64H45NO. The molecule has 0 saturated carbocycles. The van der Waals surface area contributed by atoms with Crippen molar-refractivity contribution in [1.29, 1.82) is 0 Å². The summed E-state index contributed by atoms with van der Waals surface area (Å²) in [5.74, 6) is 0. The average Bonchev–Trinajstić information content (AvgIpc) is 3.98. The van der Waals surface area contributed by atoms with Crippen LogP contribution in [0.2, 0.25) is 0 Å². The molecule has 66 heavy (non-hydrogen) atoms. The third-order valence-corrected chi connectivity index (χ3v) is 14.6. The standard InChI is InChI=1S/C64H45NO/c1-63(2)57-25-12-9-20-51(57)53-38-36-48(40-59(53)63)65(47-34-30-44(31-35-47)50-23-15-24-56-55-22-11-14-27-61(55)66-62(50)56)49-37-39-54-52-21-10-13-26-58(52)64(60(54)41-49,45-18-7-4-8-19-45)46-32-28-43(29-33-46)42-16-5-3-6-17-42/h3-41H,1-2H3. The van der Waals surface area contributed by atoms with Gasteiger partial charge < -0.3 is 9.32 Å². The molecule has 0 saturated heterocycles. The van der Waals surface area contributed by atoms with Crippen molar-refractivity contribution in [3.8, 4) is 44.5 Å². The zero-order chi connectivity index (χ0) is 44.0. The number of furan rings is 1. The molecule has 0 fully saturated rings. The largest absolute Gasteiger partial charge is 0.455 e. The Morgan fingerprint density at radius 3 is 1.58 bits per heavy atom. The van der Waals surface area contributed by atoms with E-state index in [4.69, 9.17) is 4.42 Å². The smallest absolute Gasteiger partial charge is 0.143 e. The maximum atomic E-state index is 6.52. The summed E-state index contributed by atoms with van der Waals surface area (Å²) in [6, 6.07) is 87.1. The molecule has 2 aliphatic carbocycles. The van der Waals surface area contributed by atoms with Gasteiger partial charge in [0.25, 0.3) is 0 Å². The van der Waals surface area contributed by atoms with Gasteiger partial charge in [0.05, 0.1) is 5.41 Å². The van der Waals surface area contributed by atoms with E-state index in [1.807, 2.05) is 6.07 Å². The van der Waals surface area contributed by atoms with Crippen LogP contribution in [0.1, 0.15) is 47.2 Å². The number of benzene rings is 10. The fourth-order valence-electron chi connectivity index (χ4n) is 11.5. The van der Waals surface area contributed by atoms with Gasteiger partial charge in [-0.3, -0.25) is 0 Å². The molecule has 312 valence electrons. The summed E-state index contributed by atoms with van der Waals surface area (Å²) in [5.41, 5.74) is 21.9. The van der Waals surface area contributed by atoms with Crippen molar-refractivity contribution < 1.29 is 4.42 Å². The van der Waals surface area contributed by atoms with Crippen molar-refractivity contribution >= 4 is 39.0 Å². The Labute approximate surface area is 385 Å². The van der Waals surface area contributed by atoms with Crippen LogP contribution in [0.15, 0.2) is 241 Å². The van der Waals surface area contributed by atoms with Crippen molar-refractivity contribution in [2.75, 3.05) is 4.90 Å². The van der Waals surface area contributed by atoms with E-state index >= 15 is 0 Å². The van der Waals surface area contributed by atoms with Crippen LogP contribution in [0.4, 0.5) is 17.1 Å². The second-order valence-electron chi connectivity index (χ2n) is 18.4. The number of hydrogen-bond acceptors (Lipinski definition) is 2. The molecule has 2 nitrogen and oxygen atoms in total. The second kappa shape index (κ2) is 14.7. The molecule has 11 aromatic rings. The Kier molecular flexibility index (Phi) is 8.51.